The van der Waals surface area contributed by atoms with Gasteiger partial charge in [-0.15, -0.1) is 0 Å². The molecule has 0 aliphatic carbocycles. The van der Waals surface area contributed by atoms with Crippen LogP contribution in [0.2, 0.25) is 0 Å². The zero-order chi connectivity index (χ0) is 15.5. The summed E-state index contributed by atoms with van der Waals surface area (Å²) in [4.78, 5) is 2.48. The van der Waals surface area contributed by atoms with Crippen molar-refractivity contribution in [2.45, 2.75) is 58.9 Å². The summed E-state index contributed by atoms with van der Waals surface area (Å²) in [5, 5.41) is 3.72. The topological polar surface area (TPSA) is 15.3 Å². The molecule has 0 aliphatic heterocycles. The van der Waals surface area contributed by atoms with Crippen LogP contribution in [0.1, 0.15) is 63.1 Å². The summed E-state index contributed by atoms with van der Waals surface area (Å²) in [7, 11) is 2.25. The molecule has 1 N–H and O–H groups in total. The Morgan fingerprint density at radius 1 is 1.05 bits per heavy atom. The van der Waals surface area contributed by atoms with E-state index >= 15 is 0 Å². The number of benzene rings is 1. The van der Waals surface area contributed by atoms with E-state index in [9.17, 15) is 0 Å². The molecule has 1 rings (SSSR count). The second-order valence-electron chi connectivity index (χ2n) is 6.16. The normalized spacial score (nSPS) is 12.8. The Bertz CT molecular complexity index is 376. The second kappa shape index (κ2) is 10.8. The van der Waals surface area contributed by atoms with Crippen molar-refractivity contribution in [2.24, 2.45) is 0 Å². The van der Waals surface area contributed by atoms with Crippen LogP contribution in [-0.4, -0.2) is 31.6 Å². The molecule has 0 aromatic heterocycles. The average molecular weight is 290 g/mol. The van der Waals surface area contributed by atoms with Crippen LogP contribution in [0.25, 0.3) is 0 Å². The van der Waals surface area contributed by atoms with Crippen molar-refractivity contribution in [1.82, 2.24) is 10.2 Å². The van der Waals surface area contributed by atoms with E-state index in [1.54, 1.807) is 0 Å². The van der Waals surface area contributed by atoms with Gasteiger partial charge < -0.3 is 10.2 Å². The van der Waals surface area contributed by atoms with Crippen molar-refractivity contribution in [3.8, 4) is 0 Å². The van der Waals surface area contributed by atoms with Crippen LogP contribution in [0.4, 0.5) is 0 Å². The van der Waals surface area contributed by atoms with E-state index < -0.39 is 0 Å². The lowest BCUT2D eigenvalue weighted by Crippen LogP contribution is -2.28. The van der Waals surface area contributed by atoms with E-state index in [0.717, 1.165) is 6.54 Å². The van der Waals surface area contributed by atoms with Gasteiger partial charge in [0.1, 0.15) is 0 Å². The highest BCUT2D eigenvalue weighted by molar-refractivity contribution is 5.28. The molecule has 1 unspecified atom stereocenters. The third kappa shape index (κ3) is 7.10. The molecule has 0 spiro atoms. The van der Waals surface area contributed by atoms with Crippen LogP contribution in [-0.2, 0) is 0 Å². The zero-order valence-corrected chi connectivity index (χ0v) is 14.5. The van der Waals surface area contributed by atoms with Gasteiger partial charge in [-0.25, -0.2) is 0 Å². The maximum atomic E-state index is 3.72. The summed E-state index contributed by atoms with van der Waals surface area (Å²) in [5.41, 5.74) is 2.87. The van der Waals surface area contributed by atoms with Gasteiger partial charge in [-0.1, -0.05) is 51.0 Å². The number of unbranched alkanes of at least 4 members (excludes halogenated alkanes) is 2. The van der Waals surface area contributed by atoms with Crippen LogP contribution in [0.15, 0.2) is 24.3 Å². The molecule has 0 amide bonds. The third-order valence-electron chi connectivity index (χ3n) is 4.15. The predicted octanol–water partition coefficient (Wildman–Crippen LogP) is 4.55. The van der Waals surface area contributed by atoms with Crippen LogP contribution in [0.5, 0.6) is 0 Å². The first-order valence-corrected chi connectivity index (χ1v) is 8.66. The Morgan fingerprint density at radius 2 is 1.81 bits per heavy atom. The van der Waals surface area contributed by atoms with E-state index in [1.807, 2.05) is 0 Å². The first-order chi connectivity index (χ1) is 10.2. The molecule has 0 saturated heterocycles. The highest BCUT2D eigenvalue weighted by atomic mass is 15.1. The fourth-order valence-corrected chi connectivity index (χ4v) is 2.76. The minimum Gasteiger partial charge on any atom is -0.310 e. The molecule has 2 nitrogen and oxygen atoms in total. The molecule has 0 saturated carbocycles. The Hall–Kier alpha value is -0.860. The zero-order valence-electron chi connectivity index (χ0n) is 14.5. The fraction of sp³-hybridized carbons (Fsp3) is 0.684. The van der Waals surface area contributed by atoms with Gasteiger partial charge in [0.15, 0.2) is 0 Å². The van der Waals surface area contributed by atoms with Gasteiger partial charge in [0, 0.05) is 6.04 Å². The van der Waals surface area contributed by atoms with Crippen molar-refractivity contribution in [2.75, 3.05) is 26.7 Å². The Labute approximate surface area is 131 Å². The monoisotopic (exact) mass is 290 g/mol. The smallest absolute Gasteiger partial charge is 0.0335 e. The van der Waals surface area contributed by atoms with Gasteiger partial charge in [0.25, 0.3) is 0 Å². The first kappa shape index (κ1) is 18.2. The van der Waals surface area contributed by atoms with Gasteiger partial charge in [-0.3, -0.25) is 0 Å². The molecule has 0 aliphatic rings. The van der Waals surface area contributed by atoms with Crippen molar-refractivity contribution < 1.29 is 0 Å². The SMILES string of the molecule is CCCCCN(C)CCC(NCCC)c1ccccc1C. The van der Waals surface area contributed by atoms with Gasteiger partial charge in [-0.2, -0.15) is 0 Å². The molecule has 2 heteroatoms. The quantitative estimate of drug-likeness (QED) is 0.602. The van der Waals surface area contributed by atoms with Gasteiger partial charge in [-0.05, 0) is 64.0 Å². The van der Waals surface area contributed by atoms with Gasteiger partial charge in [0.05, 0.1) is 0 Å². The molecular weight excluding hydrogens is 256 g/mol. The summed E-state index contributed by atoms with van der Waals surface area (Å²) >= 11 is 0. The number of hydrogen-bond acceptors (Lipinski definition) is 2. The van der Waals surface area contributed by atoms with Gasteiger partial charge >= 0.3 is 0 Å². The van der Waals surface area contributed by atoms with Crippen molar-refractivity contribution in [3.63, 3.8) is 0 Å². The van der Waals surface area contributed by atoms with Crippen molar-refractivity contribution >= 4 is 0 Å². The Morgan fingerprint density at radius 3 is 2.48 bits per heavy atom. The van der Waals surface area contributed by atoms with Crippen molar-refractivity contribution in [1.29, 1.82) is 0 Å². The summed E-state index contributed by atoms with van der Waals surface area (Å²) in [5.74, 6) is 0. The lowest BCUT2D eigenvalue weighted by atomic mass is 9.98. The van der Waals surface area contributed by atoms with E-state index in [1.165, 1.54) is 56.3 Å². The minimum atomic E-state index is 0.486. The molecule has 120 valence electrons. The summed E-state index contributed by atoms with van der Waals surface area (Å²) in [6, 6.07) is 9.28. The third-order valence-corrected chi connectivity index (χ3v) is 4.15. The molecule has 1 atom stereocenters. The molecule has 0 radical (unpaired) electrons. The van der Waals surface area contributed by atoms with E-state index in [2.05, 4.69) is 62.3 Å². The standard InChI is InChI=1S/C19H34N2/c1-5-7-10-15-21(4)16-13-19(20-14-6-2)18-12-9-8-11-17(18)3/h8-9,11-12,19-20H,5-7,10,13-16H2,1-4H3. The van der Waals surface area contributed by atoms with Crippen LogP contribution in [0, 0.1) is 6.92 Å². The van der Waals surface area contributed by atoms with Crippen LogP contribution >= 0.6 is 0 Å². The Balaban J connectivity index is 2.52. The van der Waals surface area contributed by atoms with Gasteiger partial charge in [0.2, 0.25) is 0 Å². The maximum absolute atomic E-state index is 3.72. The highest BCUT2D eigenvalue weighted by Crippen LogP contribution is 2.21. The minimum absolute atomic E-state index is 0.486. The second-order valence-corrected chi connectivity index (χ2v) is 6.16. The van der Waals surface area contributed by atoms with Crippen LogP contribution < -0.4 is 5.32 Å². The molecule has 1 aromatic rings. The lowest BCUT2D eigenvalue weighted by molar-refractivity contribution is 0.300. The van der Waals surface area contributed by atoms with Crippen LogP contribution in [0.3, 0.4) is 0 Å². The number of nitrogens with one attached hydrogen (secondary N) is 1. The maximum Gasteiger partial charge on any atom is 0.0335 e. The highest BCUT2D eigenvalue weighted by Gasteiger charge is 2.13. The van der Waals surface area contributed by atoms with E-state index in [-0.39, 0.29) is 0 Å². The number of hydrogen-bond donors (Lipinski definition) is 1. The summed E-state index contributed by atoms with van der Waals surface area (Å²) in [6.45, 7) is 10.2. The lowest BCUT2D eigenvalue weighted by Gasteiger charge is -2.24. The average Bonchev–Trinajstić information content (AvgIpc) is 2.49. The largest absolute Gasteiger partial charge is 0.310 e. The fourth-order valence-electron chi connectivity index (χ4n) is 2.76. The summed E-state index contributed by atoms with van der Waals surface area (Å²) < 4.78 is 0. The first-order valence-electron chi connectivity index (χ1n) is 8.66. The molecular formula is C19H34N2. The molecule has 0 bridgehead atoms. The Kier molecular flexibility index (Phi) is 9.36. The summed E-state index contributed by atoms with van der Waals surface area (Å²) in [6.07, 6.45) is 6.35. The molecule has 21 heavy (non-hydrogen) atoms. The number of nitrogens with zero attached hydrogens (tertiary/aromatic N) is 1. The number of aryl methyl sites for hydroxylation is 1. The molecule has 1 aromatic carbocycles. The predicted molar refractivity (Wildman–Crippen MR) is 93.9 cm³/mol. The van der Waals surface area contributed by atoms with Crippen molar-refractivity contribution in [3.05, 3.63) is 35.4 Å². The number of rotatable bonds is 11. The van der Waals surface area contributed by atoms with E-state index in [4.69, 9.17) is 0 Å². The van der Waals surface area contributed by atoms with E-state index in [0.29, 0.717) is 6.04 Å². The molecule has 0 heterocycles. The molecule has 0 fully saturated rings.